The minimum absolute atomic E-state index is 0.00341. The molecule has 146 valence electrons. The number of nitrogens with zero attached hydrogens (tertiary/aromatic N) is 1. The van der Waals surface area contributed by atoms with Gasteiger partial charge in [0, 0.05) is 0 Å². The summed E-state index contributed by atoms with van der Waals surface area (Å²) in [5.74, 6) is 4.32. The third kappa shape index (κ3) is 4.21. The third-order valence-corrected chi connectivity index (χ3v) is 9.28. The first-order chi connectivity index (χ1) is 13.8. The molecule has 0 saturated carbocycles. The third-order valence-electron chi connectivity index (χ3n) is 6.06. The molecule has 1 fully saturated rings. The number of nitriles is 1. The molecule has 0 radical (unpaired) electrons. The van der Waals surface area contributed by atoms with Gasteiger partial charge in [0.1, 0.15) is 5.75 Å². The Hall–Kier alpha value is -1.57. The zero-order valence-electron chi connectivity index (χ0n) is 16.3. The molecule has 2 nitrogen and oxygen atoms in total. The Kier molecular flexibility index (Phi) is 6.54. The summed E-state index contributed by atoms with van der Waals surface area (Å²) in [6.45, 7) is 0. The minimum Gasteiger partial charge on any atom is -0.497 e. The van der Waals surface area contributed by atoms with E-state index in [4.69, 9.17) is 4.74 Å². The van der Waals surface area contributed by atoms with E-state index in [0.29, 0.717) is 16.4 Å². The van der Waals surface area contributed by atoms with Gasteiger partial charge in [0.25, 0.3) is 0 Å². The summed E-state index contributed by atoms with van der Waals surface area (Å²) in [5.41, 5.74) is 3.96. The van der Waals surface area contributed by atoms with E-state index in [9.17, 15) is 5.26 Å². The van der Waals surface area contributed by atoms with Gasteiger partial charge in [0.15, 0.2) is 0 Å². The van der Waals surface area contributed by atoms with E-state index in [2.05, 4.69) is 72.1 Å². The van der Waals surface area contributed by atoms with Crippen molar-refractivity contribution in [1.82, 2.24) is 0 Å². The van der Waals surface area contributed by atoms with Crippen molar-refractivity contribution < 1.29 is 4.74 Å². The smallest absolute Gasteiger partial charge is 0.119 e. The van der Waals surface area contributed by atoms with Crippen LogP contribution in [0.2, 0.25) is 0 Å². The molecule has 2 aromatic rings. The van der Waals surface area contributed by atoms with E-state index >= 15 is 0 Å². The highest BCUT2D eigenvalue weighted by molar-refractivity contribution is 8.17. The van der Waals surface area contributed by atoms with E-state index in [1.165, 1.54) is 34.6 Å². The summed E-state index contributed by atoms with van der Waals surface area (Å²) >= 11 is 4.22. The molecule has 4 heteroatoms. The molecule has 1 aliphatic carbocycles. The number of thioether (sulfide) groups is 2. The lowest BCUT2D eigenvalue weighted by Crippen LogP contribution is -2.34. The molecule has 3 atom stereocenters. The van der Waals surface area contributed by atoms with Gasteiger partial charge in [-0.1, -0.05) is 36.4 Å². The van der Waals surface area contributed by atoms with E-state index in [1.807, 2.05) is 6.07 Å². The van der Waals surface area contributed by atoms with Crippen molar-refractivity contribution in [3.05, 3.63) is 65.2 Å². The molecule has 0 amide bonds. The molecule has 0 N–H and O–H groups in total. The number of ether oxygens (including phenoxy) is 1. The van der Waals surface area contributed by atoms with Gasteiger partial charge in [-0.25, -0.2) is 0 Å². The monoisotopic (exact) mass is 409 g/mol. The molecule has 3 unspecified atom stereocenters. The molecule has 4 rings (SSSR count). The maximum Gasteiger partial charge on any atom is 0.119 e. The van der Waals surface area contributed by atoms with Crippen LogP contribution in [0.5, 0.6) is 5.75 Å². The lowest BCUT2D eigenvalue weighted by Gasteiger charge is -2.40. The van der Waals surface area contributed by atoms with Crippen LogP contribution in [-0.2, 0) is 12.8 Å². The number of methoxy groups -OCH3 is 1. The van der Waals surface area contributed by atoms with E-state index in [1.54, 1.807) is 7.11 Å². The second kappa shape index (κ2) is 9.29. The van der Waals surface area contributed by atoms with Crippen LogP contribution in [0.3, 0.4) is 0 Å². The molecule has 2 aromatic carbocycles. The molecule has 1 aliphatic heterocycles. The Morgan fingerprint density at radius 3 is 2.75 bits per heavy atom. The van der Waals surface area contributed by atoms with Crippen molar-refractivity contribution in [2.24, 2.45) is 11.8 Å². The van der Waals surface area contributed by atoms with Gasteiger partial charge in [0.05, 0.1) is 23.7 Å². The molecule has 0 bridgehead atoms. The highest BCUT2D eigenvalue weighted by atomic mass is 32.2. The molecule has 0 aromatic heterocycles. The first-order valence-corrected chi connectivity index (χ1v) is 12.2. The number of hydrogen-bond donors (Lipinski definition) is 0. The Balaban J connectivity index is 1.65. The second-order valence-electron chi connectivity index (χ2n) is 7.69. The van der Waals surface area contributed by atoms with Gasteiger partial charge in [-0.15, -0.1) is 23.5 Å². The lowest BCUT2D eigenvalue weighted by atomic mass is 9.69. The Bertz CT molecular complexity index is 840. The highest BCUT2D eigenvalue weighted by Gasteiger charge is 2.39. The largest absolute Gasteiger partial charge is 0.497 e. The normalized spacial score (nSPS) is 23.4. The van der Waals surface area contributed by atoms with Crippen LogP contribution in [0.1, 0.15) is 35.4 Å². The molecule has 0 spiro atoms. The van der Waals surface area contributed by atoms with Crippen LogP contribution in [0.15, 0.2) is 48.5 Å². The number of aryl methyl sites for hydroxylation is 1. The highest BCUT2D eigenvalue weighted by Crippen LogP contribution is 2.48. The topological polar surface area (TPSA) is 33.0 Å². The Morgan fingerprint density at radius 1 is 1.14 bits per heavy atom. The van der Waals surface area contributed by atoms with Crippen molar-refractivity contribution in [1.29, 1.82) is 5.26 Å². The van der Waals surface area contributed by atoms with Crippen LogP contribution < -0.4 is 4.74 Å². The fourth-order valence-electron chi connectivity index (χ4n) is 4.69. The molecular weight excluding hydrogens is 382 g/mol. The Morgan fingerprint density at radius 2 is 1.96 bits per heavy atom. The molecule has 1 heterocycles. The number of benzene rings is 2. The number of fused-ring (bicyclic) bond motifs is 1. The summed E-state index contributed by atoms with van der Waals surface area (Å²) < 4.78 is 6.03. The standard InChI is InChI=1S/C24H27NOS2/c1-26-19-8-4-6-17(14-19)15-22(24-27-12-5-13-28-24)21-11-10-18-7-2-3-9-20(18)23(21)16-25/h2-4,6-9,14,21-24H,5,10-13,15H2,1H3. The maximum absolute atomic E-state index is 10.1. The maximum atomic E-state index is 10.1. The van der Waals surface area contributed by atoms with Crippen molar-refractivity contribution in [3.63, 3.8) is 0 Å². The van der Waals surface area contributed by atoms with E-state index in [-0.39, 0.29) is 5.92 Å². The SMILES string of the molecule is COc1cccc(CC(C2SCCCS2)C2CCc3ccccc3C2C#N)c1. The predicted octanol–water partition coefficient (Wildman–Crippen LogP) is 5.92. The summed E-state index contributed by atoms with van der Waals surface area (Å²) in [7, 11) is 1.73. The number of rotatable bonds is 5. The van der Waals surface area contributed by atoms with Crippen molar-refractivity contribution in [2.75, 3.05) is 18.6 Å². The Labute approximate surface area is 177 Å². The fraction of sp³-hybridized carbons (Fsp3) is 0.458. The van der Waals surface area contributed by atoms with Gasteiger partial charge in [-0.05, 0) is 77.8 Å². The van der Waals surface area contributed by atoms with Crippen LogP contribution in [-0.4, -0.2) is 23.2 Å². The van der Waals surface area contributed by atoms with Gasteiger partial charge >= 0.3 is 0 Å². The van der Waals surface area contributed by atoms with Gasteiger partial charge in [-0.2, -0.15) is 5.26 Å². The van der Waals surface area contributed by atoms with E-state index < -0.39 is 0 Å². The van der Waals surface area contributed by atoms with Crippen LogP contribution in [0.25, 0.3) is 0 Å². The van der Waals surface area contributed by atoms with Crippen LogP contribution in [0.4, 0.5) is 0 Å². The van der Waals surface area contributed by atoms with Gasteiger partial charge in [0.2, 0.25) is 0 Å². The summed E-state index contributed by atoms with van der Waals surface area (Å²) in [5, 5.41) is 10.1. The summed E-state index contributed by atoms with van der Waals surface area (Å²) in [4.78, 5) is 0. The van der Waals surface area contributed by atoms with Gasteiger partial charge in [-0.3, -0.25) is 0 Å². The van der Waals surface area contributed by atoms with Crippen molar-refractivity contribution in [3.8, 4) is 11.8 Å². The fourth-order valence-corrected chi connectivity index (χ4v) is 8.01. The summed E-state index contributed by atoms with van der Waals surface area (Å²) in [6.07, 6.45) is 4.52. The number of hydrogen-bond acceptors (Lipinski definition) is 4. The molecule has 28 heavy (non-hydrogen) atoms. The lowest BCUT2D eigenvalue weighted by molar-refractivity contribution is 0.292. The van der Waals surface area contributed by atoms with Crippen molar-refractivity contribution >= 4 is 23.5 Å². The zero-order valence-corrected chi connectivity index (χ0v) is 18.0. The minimum atomic E-state index is 0.00341. The molecular formula is C24H27NOS2. The summed E-state index contributed by atoms with van der Waals surface area (Å²) in [6, 6.07) is 19.8. The average Bonchev–Trinajstić information content (AvgIpc) is 2.77. The molecule has 1 saturated heterocycles. The predicted molar refractivity (Wildman–Crippen MR) is 120 cm³/mol. The van der Waals surface area contributed by atoms with Crippen LogP contribution in [0, 0.1) is 23.2 Å². The first-order valence-electron chi connectivity index (χ1n) is 10.1. The van der Waals surface area contributed by atoms with Crippen LogP contribution >= 0.6 is 23.5 Å². The van der Waals surface area contributed by atoms with Crippen molar-refractivity contribution in [2.45, 2.75) is 36.2 Å². The quantitative estimate of drug-likeness (QED) is 0.614. The zero-order chi connectivity index (χ0) is 19.3. The first kappa shape index (κ1) is 19.7. The van der Waals surface area contributed by atoms with Gasteiger partial charge < -0.3 is 4.74 Å². The molecule has 2 aliphatic rings. The van der Waals surface area contributed by atoms with E-state index in [0.717, 1.165) is 25.0 Å². The second-order valence-corrected chi connectivity index (χ2v) is 10.5. The average molecular weight is 410 g/mol.